The minimum atomic E-state index is -0.321. The first-order valence-electron chi connectivity index (χ1n) is 8.46. The molecule has 2 aromatic rings. The van der Waals surface area contributed by atoms with Gasteiger partial charge in [0.2, 0.25) is 5.91 Å². The minimum Gasteiger partial charge on any atom is -0.376 e. The van der Waals surface area contributed by atoms with E-state index in [1.54, 1.807) is 29.6 Å². The van der Waals surface area contributed by atoms with Crippen LogP contribution in [0.4, 0.5) is 0 Å². The molecule has 1 aliphatic heterocycles. The molecular weight excluding hydrogens is 338 g/mol. The van der Waals surface area contributed by atoms with Crippen LogP contribution in [-0.2, 0) is 16.1 Å². The zero-order chi connectivity index (χ0) is 18.0. The van der Waals surface area contributed by atoms with E-state index >= 15 is 0 Å². The van der Waals surface area contributed by atoms with Gasteiger partial charge in [-0.25, -0.2) is 4.98 Å². The quantitative estimate of drug-likeness (QED) is 0.603. The molecule has 3 rings (SSSR count). The predicted octanol–water partition coefficient (Wildman–Crippen LogP) is 2.14. The number of ether oxygens (including phenoxy) is 1. The molecule has 2 atom stereocenters. The predicted molar refractivity (Wildman–Crippen MR) is 99.0 cm³/mol. The number of hydrogen-bond donors (Lipinski definition) is 0. The van der Waals surface area contributed by atoms with E-state index in [0.29, 0.717) is 22.6 Å². The molecule has 0 saturated carbocycles. The molecule has 0 N–H and O–H groups in total. The van der Waals surface area contributed by atoms with Crippen LogP contribution < -0.4 is 5.56 Å². The number of fused-ring (bicyclic) bond motifs is 1. The van der Waals surface area contributed by atoms with E-state index in [4.69, 9.17) is 4.74 Å². The summed E-state index contributed by atoms with van der Waals surface area (Å²) in [6.07, 6.45) is 1.98. The number of carbonyl (C=O) groups excluding carboxylic acids is 1. The van der Waals surface area contributed by atoms with Crippen molar-refractivity contribution in [3.63, 3.8) is 0 Å². The fourth-order valence-corrected chi connectivity index (χ4v) is 4.03. The summed E-state index contributed by atoms with van der Waals surface area (Å²) in [5, 5.41) is 0.845. The summed E-state index contributed by atoms with van der Waals surface area (Å²) in [5.74, 6) is -0.00364. The maximum atomic E-state index is 13.0. The number of hydrogen-bond acceptors (Lipinski definition) is 5. The molecule has 0 unspecified atom stereocenters. The first-order valence-corrected chi connectivity index (χ1v) is 9.34. The van der Waals surface area contributed by atoms with Crippen molar-refractivity contribution in [2.75, 3.05) is 20.7 Å². The Morgan fingerprint density at radius 3 is 2.88 bits per heavy atom. The van der Waals surface area contributed by atoms with E-state index in [2.05, 4.69) is 4.98 Å². The van der Waals surface area contributed by atoms with Gasteiger partial charge in [-0.1, -0.05) is 23.9 Å². The van der Waals surface area contributed by atoms with Gasteiger partial charge in [-0.05, 0) is 31.9 Å². The highest BCUT2D eigenvalue weighted by atomic mass is 32.2. The summed E-state index contributed by atoms with van der Waals surface area (Å²) in [5.41, 5.74) is 0.580. The second-order valence-electron chi connectivity index (χ2n) is 6.46. The van der Waals surface area contributed by atoms with Crippen molar-refractivity contribution in [1.29, 1.82) is 0 Å². The van der Waals surface area contributed by atoms with E-state index in [1.807, 2.05) is 25.1 Å². The molecule has 6 nitrogen and oxygen atoms in total. The number of amides is 1. The van der Waals surface area contributed by atoms with Crippen molar-refractivity contribution >= 4 is 28.6 Å². The molecule has 7 heteroatoms. The average molecular weight is 361 g/mol. The van der Waals surface area contributed by atoms with Crippen molar-refractivity contribution in [3.8, 4) is 0 Å². The Labute approximate surface area is 151 Å². The van der Waals surface area contributed by atoms with E-state index in [0.717, 1.165) is 19.4 Å². The van der Waals surface area contributed by atoms with Gasteiger partial charge >= 0.3 is 0 Å². The lowest BCUT2D eigenvalue weighted by atomic mass is 10.2. The van der Waals surface area contributed by atoms with Gasteiger partial charge < -0.3 is 9.64 Å². The Balaban J connectivity index is 2.01. The van der Waals surface area contributed by atoms with Crippen molar-refractivity contribution in [2.24, 2.45) is 0 Å². The lowest BCUT2D eigenvalue weighted by molar-refractivity contribution is -0.127. The molecule has 1 aromatic carbocycles. The largest absolute Gasteiger partial charge is 0.376 e. The van der Waals surface area contributed by atoms with Gasteiger partial charge in [0, 0.05) is 20.7 Å². The van der Waals surface area contributed by atoms with Crippen LogP contribution in [0.2, 0.25) is 0 Å². The molecule has 1 fully saturated rings. The highest BCUT2D eigenvalue weighted by molar-refractivity contribution is 8.00. The molecule has 1 aliphatic rings. The number of benzene rings is 1. The van der Waals surface area contributed by atoms with Gasteiger partial charge in [-0.3, -0.25) is 14.2 Å². The number of carbonyl (C=O) groups is 1. The smallest absolute Gasteiger partial charge is 0.262 e. The van der Waals surface area contributed by atoms with Crippen LogP contribution >= 0.6 is 11.8 Å². The van der Waals surface area contributed by atoms with Crippen molar-refractivity contribution < 1.29 is 9.53 Å². The summed E-state index contributed by atoms with van der Waals surface area (Å²) in [7, 11) is 3.46. The number of aromatic nitrogens is 2. The third-order valence-corrected chi connectivity index (χ3v) is 5.39. The molecule has 0 radical (unpaired) electrons. The maximum Gasteiger partial charge on any atom is 0.262 e. The first kappa shape index (κ1) is 17.9. The highest BCUT2D eigenvalue weighted by Gasteiger charge is 2.23. The Morgan fingerprint density at radius 2 is 2.20 bits per heavy atom. The molecule has 0 aliphatic carbocycles. The molecule has 1 aromatic heterocycles. The van der Waals surface area contributed by atoms with Crippen LogP contribution in [0.1, 0.15) is 19.8 Å². The second-order valence-corrected chi connectivity index (χ2v) is 7.76. The third kappa shape index (κ3) is 3.88. The Kier molecular flexibility index (Phi) is 5.44. The topological polar surface area (TPSA) is 64.4 Å². The monoisotopic (exact) mass is 361 g/mol. The average Bonchev–Trinajstić information content (AvgIpc) is 3.10. The van der Waals surface area contributed by atoms with Crippen LogP contribution in [0.5, 0.6) is 0 Å². The Bertz CT molecular complexity index is 828. The van der Waals surface area contributed by atoms with Gasteiger partial charge in [0.15, 0.2) is 5.16 Å². The summed E-state index contributed by atoms with van der Waals surface area (Å²) in [6.45, 7) is 3.05. The van der Waals surface area contributed by atoms with E-state index in [9.17, 15) is 9.59 Å². The molecule has 0 spiro atoms. The van der Waals surface area contributed by atoms with Crippen LogP contribution in [0.25, 0.3) is 10.9 Å². The van der Waals surface area contributed by atoms with Gasteiger partial charge in [0.05, 0.1) is 28.8 Å². The van der Waals surface area contributed by atoms with Crippen LogP contribution in [0.15, 0.2) is 34.2 Å². The van der Waals surface area contributed by atoms with Gasteiger partial charge in [-0.2, -0.15) is 0 Å². The zero-order valence-electron chi connectivity index (χ0n) is 14.8. The fourth-order valence-electron chi connectivity index (χ4n) is 2.96. The van der Waals surface area contributed by atoms with Crippen LogP contribution in [0, 0.1) is 0 Å². The number of rotatable bonds is 5. The van der Waals surface area contributed by atoms with E-state index in [1.165, 1.54) is 11.8 Å². The minimum absolute atomic E-state index is 0.00364. The standard InChI is InChI=1S/C18H23N3O3S/c1-12(16(22)20(2)3)25-18-19-15-9-5-4-8-14(15)17(23)21(18)11-13-7-6-10-24-13/h4-5,8-9,12-13H,6-7,10-11H2,1-3H3/t12-,13-/m0/s1. The number of para-hydroxylation sites is 1. The second kappa shape index (κ2) is 7.58. The van der Waals surface area contributed by atoms with Crippen molar-refractivity contribution in [1.82, 2.24) is 14.5 Å². The summed E-state index contributed by atoms with van der Waals surface area (Å²) < 4.78 is 7.37. The number of nitrogens with zero attached hydrogens (tertiary/aromatic N) is 3. The molecule has 2 heterocycles. The Morgan fingerprint density at radius 1 is 1.44 bits per heavy atom. The molecule has 134 valence electrons. The van der Waals surface area contributed by atoms with E-state index < -0.39 is 0 Å². The molecular formula is C18H23N3O3S. The Hall–Kier alpha value is -1.86. The lowest BCUT2D eigenvalue weighted by Crippen LogP contribution is -2.32. The lowest BCUT2D eigenvalue weighted by Gasteiger charge is -2.20. The maximum absolute atomic E-state index is 13.0. The van der Waals surface area contributed by atoms with Gasteiger partial charge in [0.1, 0.15) is 0 Å². The van der Waals surface area contributed by atoms with Gasteiger partial charge in [0.25, 0.3) is 5.56 Å². The summed E-state index contributed by atoms with van der Waals surface area (Å²) >= 11 is 1.32. The molecule has 25 heavy (non-hydrogen) atoms. The van der Waals surface area contributed by atoms with E-state index in [-0.39, 0.29) is 22.8 Å². The normalized spacial score (nSPS) is 18.4. The first-order chi connectivity index (χ1) is 12.0. The third-order valence-electron chi connectivity index (χ3n) is 4.31. The van der Waals surface area contributed by atoms with Crippen LogP contribution in [-0.4, -0.2) is 52.4 Å². The molecule has 0 bridgehead atoms. The SMILES string of the molecule is C[C@H](Sc1nc2ccccc2c(=O)n1C[C@@H]1CCCO1)C(=O)N(C)C. The van der Waals surface area contributed by atoms with Gasteiger partial charge in [-0.15, -0.1) is 0 Å². The molecule has 1 saturated heterocycles. The number of thioether (sulfide) groups is 1. The fraction of sp³-hybridized carbons (Fsp3) is 0.500. The van der Waals surface area contributed by atoms with Crippen LogP contribution in [0.3, 0.4) is 0 Å². The highest BCUT2D eigenvalue weighted by Crippen LogP contribution is 2.25. The van der Waals surface area contributed by atoms with Crippen molar-refractivity contribution in [2.45, 2.75) is 42.8 Å². The molecule has 1 amide bonds. The summed E-state index contributed by atoms with van der Waals surface area (Å²) in [6, 6.07) is 7.32. The summed E-state index contributed by atoms with van der Waals surface area (Å²) in [4.78, 5) is 31.4. The van der Waals surface area contributed by atoms with Crippen molar-refractivity contribution in [3.05, 3.63) is 34.6 Å². The zero-order valence-corrected chi connectivity index (χ0v) is 15.6.